The van der Waals surface area contributed by atoms with Crippen LogP contribution in [0.25, 0.3) is 6.08 Å². The highest BCUT2D eigenvalue weighted by atomic mass is 127. The lowest BCUT2D eigenvalue weighted by molar-refractivity contribution is 0.341. The van der Waals surface area contributed by atoms with Crippen molar-refractivity contribution in [3.8, 4) is 0 Å². The third-order valence-electron chi connectivity index (χ3n) is 1.29. The first-order chi connectivity index (χ1) is 5.34. The van der Waals surface area contributed by atoms with E-state index in [1.165, 1.54) is 9.13 Å². The molecule has 1 nitrogen and oxygen atoms in total. The van der Waals surface area contributed by atoms with Crippen molar-refractivity contribution in [3.05, 3.63) is 39.7 Å². The highest BCUT2D eigenvalue weighted by Gasteiger charge is 1.90. The van der Waals surface area contributed by atoms with Crippen molar-refractivity contribution in [2.24, 2.45) is 0 Å². The molecule has 11 heavy (non-hydrogen) atoms. The summed E-state index contributed by atoms with van der Waals surface area (Å²) in [5.74, 6) is 0. The molecule has 0 spiro atoms. The van der Waals surface area contributed by atoms with Crippen LogP contribution in [0.2, 0.25) is 0 Å². The highest BCUT2D eigenvalue weighted by molar-refractivity contribution is 14.1. The monoisotopic (exact) mass is 260 g/mol. The second-order valence-electron chi connectivity index (χ2n) is 2.06. The van der Waals surface area contributed by atoms with Crippen LogP contribution in [0.3, 0.4) is 0 Å². The van der Waals surface area contributed by atoms with Crippen LogP contribution in [0.15, 0.2) is 30.5 Å². The van der Waals surface area contributed by atoms with E-state index in [2.05, 4.69) is 34.7 Å². The van der Waals surface area contributed by atoms with Gasteiger partial charge in [-0.2, -0.15) is 0 Å². The standard InChI is InChI=1S/C9H9IO/c1-11-7-6-8-4-2-3-5-9(8)10/h2-7H,1H3/b7-6+. The normalized spacial score (nSPS) is 10.4. The Bertz CT molecular complexity index is 255. The van der Waals surface area contributed by atoms with Gasteiger partial charge >= 0.3 is 0 Å². The predicted molar refractivity (Wildman–Crippen MR) is 55.2 cm³/mol. The van der Waals surface area contributed by atoms with Gasteiger partial charge < -0.3 is 4.74 Å². The molecule has 0 saturated carbocycles. The summed E-state index contributed by atoms with van der Waals surface area (Å²) in [5, 5.41) is 0. The zero-order valence-corrected chi connectivity index (χ0v) is 8.41. The molecule has 0 heterocycles. The summed E-state index contributed by atoms with van der Waals surface area (Å²) >= 11 is 2.29. The third kappa shape index (κ3) is 2.54. The molecule has 0 radical (unpaired) electrons. The number of methoxy groups -OCH3 is 1. The Morgan fingerprint density at radius 3 is 2.73 bits per heavy atom. The minimum atomic E-state index is 1.19. The Balaban J connectivity index is 2.86. The van der Waals surface area contributed by atoms with Crippen molar-refractivity contribution in [1.29, 1.82) is 0 Å². The molecule has 0 amide bonds. The Labute approximate surface area is 80.2 Å². The summed E-state index contributed by atoms with van der Waals surface area (Å²) in [7, 11) is 1.65. The van der Waals surface area contributed by atoms with E-state index in [1.54, 1.807) is 13.4 Å². The molecule has 2 heteroatoms. The number of benzene rings is 1. The van der Waals surface area contributed by atoms with Crippen LogP contribution < -0.4 is 0 Å². The summed E-state index contributed by atoms with van der Waals surface area (Å²) in [6.45, 7) is 0. The lowest BCUT2D eigenvalue weighted by Crippen LogP contribution is -1.77. The third-order valence-corrected chi connectivity index (χ3v) is 2.27. The van der Waals surface area contributed by atoms with E-state index in [9.17, 15) is 0 Å². The van der Waals surface area contributed by atoms with Gasteiger partial charge in [0.1, 0.15) is 0 Å². The SMILES string of the molecule is CO/C=C/c1ccccc1I. The van der Waals surface area contributed by atoms with E-state index in [1.807, 2.05) is 18.2 Å². The van der Waals surface area contributed by atoms with Gasteiger partial charge in [0.15, 0.2) is 0 Å². The molecule has 0 aliphatic carbocycles. The quantitative estimate of drug-likeness (QED) is 0.586. The Kier molecular flexibility index (Phi) is 3.42. The summed E-state index contributed by atoms with van der Waals surface area (Å²) < 4.78 is 6.05. The van der Waals surface area contributed by atoms with Crippen LogP contribution in [0.1, 0.15) is 5.56 Å². The van der Waals surface area contributed by atoms with Gasteiger partial charge in [-0.1, -0.05) is 18.2 Å². The van der Waals surface area contributed by atoms with Crippen LogP contribution in [-0.2, 0) is 4.74 Å². The maximum absolute atomic E-state index is 4.82. The van der Waals surface area contributed by atoms with Crippen LogP contribution in [0.5, 0.6) is 0 Å². The molecule has 1 aromatic rings. The zero-order valence-electron chi connectivity index (χ0n) is 6.25. The van der Waals surface area contributed by atoms with Crippen LogP contribution in [0.4, 0.5) is 0 Å². The van der Waals surface area contributed by atoms with Crippen molar-refractivity contribution < 1.29 is 4.74 Å². The van der Waals surface area contributed by atoms with Crippen molar-refractivity contribution in [2.45, 2.75) is 0 Å². The predicted octanol–water partition coefficient (Wildman–Crippen LogP) is 2.91. The lowest BCUT2D eigenvalue weighted by Gasteiger charge is -1.95. The average Bonchev–Trinajstić information content (AvgIpc) is 2.03. The first-order valence-corrected chi connectivity index (χ1v) is 4.36. The fourth-order valence-corrected chi connectivity index (χ4v) is 1.32. The molecule has 0 bridgehead atoms. The van der Waals surface area contributed by atoms with Gasteiger partial charge in [0, 0.05) is 3.57 Å². The number of hydrogen-bond donors (Lipinski definition) is 0. The average molecular weight is 260 g/mol. The maximum atomic E-state index is 4.82. The molecule has 0 atom stereocenters. The molecule has 0 aromatic heterocycles. The molecule has 0 aliphatic rings. The van der Waals surface area contributed by atoms with Gasteiger partial charge in [-0.3, -0.25) is 0 Å². The molecule has 0 saturated heterocycles. The van der Waals surface area contributed by atoms with E-state index in [4.69, 9.17) is 4.74 Å². The van der Waals surface area contributed by atoms with Gasteiger partial charge in [-0.15, -0.1) is 0 Å². The molecule has 0 N–H and O–H groups in total. The summed E-state index contributed by atoms with van der Waals surface area (Å²) in [6.07, 6.45) is 3.62. The Morgan fingerprint density at radius 1 is 1.36 bits per heavy atom. The number of rotatable bonds is 2. The topological polar surface area (TPSA) is 9.23 Å². The summed E-state index contributed by atoms with van der Waals surface area (Å²) in [5.41, 5.74) is 1.19. The van der Waals surface area contributed by atoms with E-state index in [0.29, 0.717) is 0 Å². The maximum Gasteiger partial charge on any atom is 0.0830 e. The second kappa shape index (κ2) is 4.38. The van der Waals surface area contributed by atoms with Gasteiger partial charge in [0.05, 0.1) is 13.4 Å². The molecular weight excluding hydrogens is 251 g/mol. The Hall–Kier alpha value is -0.510. The van der Waals surface area contributed by atoms with Crippen LogP contribution in [0, 0.1) is 3.57 Å². The van der Waals surface area contributed by atoms with E-state index < -0.39 is 0 Å². The van der Waals surface area contributed by atoms with Crippen molar-refractivity contribution in [3.63, 3.8) is 0 Å². The first kappa shape index (κ1) is 8.59. The van der Waals surface area contributed by atoms with Crippen molar-refractivity contribution >= 4 is 28.7 Å². The molecular formula is C9H9IO. The molecule has 1 aromatic carbocycles. The number of hydrogen-bond acceptors (Lipinski definition) is 1. The highest BCUT2D eigenvalue weighted by Crippen LogP contribution is 2.12. The van der Waals surface area contributed by atoms with Gasteiger partial charge in [-0.05, 0) is 40.3 Å². The largest absolute Gasteiger partial charge is 0.504 e. The van der Waals surface area contributed by atoms with Crippen molar-refractivity contribution in [2.75, 3.05) is 7.11 Å². The smallest absolute Gasteiger partial charge is 0.0830 e. The molecule has 0 fully saturated rings. The molecule has 1 rings (SSSR count). The first-order valence-electron chi connectivity index (χ1n) is 3.28. The zero-order chi connectivity index (χ0) is 8.10. The fourth-order valence-electron chi connectivity index (χ4n) is 0.752. The van der Waals surface area contributed by atoms with Gasteiger partial charge in [-0.25, -0.2) is 0 Å². The molecule has 58 valence electrons. The van der Waals surface area contributed by atoms with E-state index >= 15 is 0 Å². The molecule has 0 aliphatic heterocycles. The van der Waals surface area contributed by atoms with Crippen LogP contribution in [-0.4, -0.2) is 7.11 Å². The van der Waals surface area contributed by atoms with Crippen LogP contribution >= 0.6 is 22.6 Å². The minimum absolute atomic E-state index is 1.19. The minimum Gasteiger partial charge on any atom is -0.504 e. The summed E-state index contributed by atoms with van der Waals surface area (Å²) in [4.78, 5) is 0. The van der Waals surface area contributed by atoms with E-state index in [0.717, 1.165) is 0 Å². The number of halogens is 1. The fraction of sp³-hybridized carbons (Fsp3) is 0.111. The Morgan fingerprint density at radius 2 is 2.09 bits per heavy atom. The van der Waals surface area contributed by atoms with Gasteiger partial charge in [0.25, 0.3) is 0 Å². The summed E-state index contributed by atoms with van der Waals surface area (Å²) in [6, 6.07) is 8.15. The van der Waals surface area contributed by atoms with Crippen molar-refractivity contribution in [1.82, 2.24) is 0 Å². The molecule has 0 unspecified atom stereocenters. The van der Waals surface area contributed by atoms with E-state index in [-0.39, 0.29) is 0 Å². The number of ether oxygens (including phenoxy) is 1. The lowest BCUT2D eigenvalue weighted by atomic mass is 10.2. The second-order valence-corrected chi connectivity index (χ2v) is 3.22. The van der Waals surface area contributed by atoms with Gasteiger partial charge in [0.2, 0.25) is 0 Å².